The fourth-order valence-corrected chi connectivity index (χ4v) is 2.97. The van der Waals surface area contributed by atoms with Crippen molar-refractivity contribution in [2.45, 2.75) is 31.5 Å². The fraction of sp³-hybridized carbons (Fsp3) is 0.500. The number of piperidine rings is 1. The van der Waals surface area contributed by atoms with E-state index in [-0.39, 0.29) is 35.5 Å². The van der Waals surface area contributed by atoms with Gasteiger partial charge in [0.15, 0.2) is 0 Å². The fourth-order valence-electron chi connectivity index (χ4n) is 2.80. The zero-order chi connectivity index (χ0) is 18.6. The number of aliphatic hydroxyl groups excluding tert-OH is 1. The van der Waals surface area contributed by atoms with Gasteiger partial charge in [0.25, 0.3) is 5.91 Å². The Morgan fingerprint density at radius 3 is 2.80 bits per heavy atom. The number of likely N-dealkylation sites (tertiary alicyclic amines) is 1. The van der Waals surface area contributed by atoms with Crippen LogP contribution in [-0.2, 0) is 4.79 Å². The lowest BCUT2D eigenvalue weighted by Gasteiger charge is -2.36. The van der Waals surface area contributed by atoms with Crippen molar-refractivity contribution >= 4 is 29.2 Å². The Balaban J connectivity index is 1.98. The highest BCUT2D eigenvalue weighted by Crippen LogP contribution is 2.29. The van der Waals surface area contributed by atoms with Crippen LogP contribution >= 0.6 is 11.6 Å². The Kier molecular flexibility index (Phi) is 6.46. The van der Waals surface area contributed by atoms with Gasteiger partial charge in [0.05, 0.1) is 29.8 Å². The molecule has 1 fully saturated rings. The second kappa shape index (κ2) is 8.37. The second-order valence-electron chi connectivity index (χ2n) is 5.93. The van der Waals surface area contributed by atoms with E-state index in [4.69, 9.17) is 27.2 Å². The third-order valence-electron chi connectivity index (χ3n) is 4.19. The van der Waals surface area contributed by atoms with Gasteiger partial charge in [-0.2, -0.15) is 0 Å². The van der Waals surface area contributed by atoms with Crippen molar-refractivity contribution < 1.29 is 24.5 Å². The van der Waals surface area contributed by atoms with Gasteiger partial charge in [-0.15, -0.1) is 0 Å². The molecule has 1 amide bonds. The summed E-state index contributed by atoms with van der Waals surface area (Å²) in [7, 11) is 1.43. The maximum absolute atomic E-state index is 12.5. The number of hydrogen-bond donors (Lipinski definition) is 4. The van der Waals surface area contributed by atoms with Gasteiger partial charge in [-0.05, 0) is 12.5 Å². The number of ether oxygens (including phenoxy) is 1. The van der Waals surface area contributed by atoms with Gasteiger partial charge in [-0.25, -0.2) is 0 Å². The molecule has 1 aromatic rings. The lowest BCUT2D eigenvalue weighted by molar-refractivity contribution is -0.138. The minimum Gasteiger partial charge on any atom is -0.496 e. The van der Waals surface area contributed by atoms with Gasteiger partial charge < -0.3 is 26.0 Å². The van der Waals surface area contributed by atoms with Crippen LogP contribution < -0.4 is 15.8 Å². The van der Waals surface area contributed by atoms with E-state index in [9.17, 15) is 14.7 Å². The first-order chi connectivity index (χ1) is 11.8. The predicted octanol–water partition coefficient (Wildman–Crippen LogP) is 0.918. The average molecular weight is 372 g/mol. The first kappa shape index (κ1) is 19.3. The molecule has 1 aliphatic heterocycles. The largest absolute Gasteiger partial charge is 0.496 e. The summed E-state index contributed by atoms with van der Waals surface area (Å²) in [5.74, 6) is -0.955. The van der Waals surface area contributed by atoms with E-state index in [0.29, 0.717) is 30.8 Å². The summed E-state index contributed by atoms with van der Waals surface area (Å²) in [6.07, 6.45) is 0.0919. The molecule has 8 nitrogen and oxygen atoms in total. The Hall–Kier alpha value is -2.03. The summed E-state index contributed by atoms with van der Waals surface area (Å²) < 4.78 is 5.17. The number of benzene rings is 1. The van der Waals surface area contributed by atoms with Crippen molar-refractivity contribution in [3.05, 3.63) is 22.7 Å². The monoisotopic (exact) mass is 371 g/mol. The van der Waals surface area contributed by atoms with Gasteiger partial charge in [0, 0.05) is 31.6 Å². The standard InChI is InChI=1S/C16H22ClN3O5/c1-25-13-8-12(18)11(17)7-10(13)16(24)19-9-2-4-20(14(21)6-9)5-3-15(22)23/h7-9,14,21H,2-6,18H2,1H3,(H,19,24)(H,22,23). The normalized spacial score (nSPS) is 20.9. The van der Waals surface area contributed by atoms with Gasteiger partial charge in [-0.3, -0.25) is 14.5 Å². The van der Waals surface area contributed by atoms with E-state index in [2.05, 4.69) is 5.32 Å². The maximum Gasteiger partial charge on any atom is 0.304 e. The average Bonchev–Trinajstić information content (AvgIpc) is 2.55. The van der Waals surface area contributed by atoms with Crippen LogP contribution in [0.15, 0.2) is 12.1 Å². The Morgan fingerprint density at radius 1 is 1.48 bits per heavy atom. The van der Waals surface area contributed by atoms with Crippen molar-refractivity contribution in [1.82, 2.24) is 10.2 Å². The quantitative estimate of drug-likeness (QED) is 0.548. The topological polar surface area (TPSA) is 125 Å². The minimum atomic E-state index is -0.907. The molecule has 2 atom stereocenters. The maximum atomic E-state index is 12.5. The van der Waals surface area contributed by atoms with Gasteiger partial charge in [-0.1, -0.05) is 11.6 Å². The van der Waals surface area contributed by atoms with Crippen LogP contribution in [0.3, 0.4) is 0 Å². The number of carbonyl (C=O) groups excluding carboxylic acids is 1. The number of carboxylic acids is 1. The zero-order valence-electron chi connectivity index (χ0n) is 13.9. The number of carboxylic acid groups (broad SMARTS) is 1. The highest BCUT2D eigenvalue weighted by atomic mass is 35.5. The Labute approximate surface area is 150 Å². The lowest BCUT2D eigenvalue weighted by Crippen LogP contribution is -2.50. The highest BCUT2D eigenvalue weighted by Gasteiger charge is 2.28. The molecule has 0 bridgehead atoms. The van der Waals surface area contributed by atoms with Crippen molar-refractivity contribution in [3.63, 3.8) is 0 Å². The van der Waals surface area contributed by atoms with Crippen molar-refractivity contribution in [2.75, 3.05) is 25.9 Å². The molecule has 1 saturated heterocycles. The molecular formula is C16H22ClN3O5. The van der Waals surface area contributed by atoms with Crippen molar-refractivity contribution in [1.29, 1.82) is 0 Å². The number of hydrogen-bond acceptors (Lipinski definition) is 6. The number of nitrogens with two attached hydrogens (primary N) is 1. The van der Waals surface area contributed by atoms with Crippen LogP contribution in [0.4, 0.5) is 5.69 Å². The van der Waals surface area contributed by atoms with Crippen LogP contribution in [0.25, 0.3) is 0 Å². The molecule has 9 heteroatoms. The van der Waals surface area contributed by atoms with Crippen LogP contribution in [0, 0.1) is 0 Å². The summed E-state index contributed by atoms with van der Waals surface area (Å²) in [5, 5.41) is 22.0. The molecule has 0 radical (unpaired) electrons. The first-order valence-electron chi connectivity index (χ1n) is 7.89. The van der Waals surface area contributed by atoms with Crippen molar-refractivity contribution in [2.24, 2.45) is 0 Å². The van der Waals surface area contributed by atoms with E-state index in [1.54, 1.807) is 4.90 Å². The third kappa shape index (κ3) is 4.97. The summed E-state index contributed by atoms with van der Waals surface area (Å²) in [6, 6.07) is 2.70. The summed E-state index contributed by atoms with van der Waals surface area (Å²) in [5.41, 5.74) is 6.29. The Morgan fingerprint density at radius 2 is 2.20 bits per heavy atom. The number of aliphatic carboxylic acids is 1. The van der Waals surface area contributed by atoms with Crippen LogP contribution in [-0.4, -0.2) is 59.5 Å². The van der Waals surface area contributed by atoms with Crippen LogP contribution in [0.1, 0.15) is 29.6 Å². The summed E-state index contributed by atoms with van der Waals surface area (Å²) in [6.45, 7) is 0.775. The molecule has 2 unspecified atom stereocenters. The van der Waals surface area contributed by atoms with E-state index in [1.165, 1.54) is 19.2 Å². The molecule has 1 heterocycles. The third-order valence-corrected chi connectivity index (χ3v) is 4.52. The smallest absolute Gasteiger partial charge is 0.304 e. The molecule has 0 saturated carbocycles. The predicted molar refractivity (Wildman–Crippen MR) is 92.7 cm³/mol. The Bertz CT molecular complexity index is 655. The summed E-state index contributed by atoms with van der Waals surface area (Å²) >= 11 is 5.98. The lowest BCUT2D eigenvalue weighted by atomic mass is 10.0. The molecule has 138 valence electrons. The number of nitrogens with one attached hydrogen (secondary N) is 1. The molecular weight excluding hydrogens is 350 g/mol. The number of halogens is 1. The van der Waals surface area contributed by atoms with Gasteiger partial charge in [0.1, 0.15) is 12.0 Å². The first-order valence-corrected chi connectivity index (χ1v) is 8.27. The number of aliphatic hydroxyl groups is 1. The molecule has 0 spiro atoms. The van der Waals surface area contributed by atoms with Crippen molar-refractivity contribution in [3.8, 4) is 5.75 Å². The van der Waals surface area contributed by atoms with Gasteiger partial charge in [0.2, 0.25) is 0 Å². The zero-order valence-corrected chi connectivity index (χ0v) is 14.6. The molecule has 25 heavy (non-hydrogen) atoms. The van der Waals surface area contributed by atoms with Crippen LogP contribution in [0.5, 0.6) is 5.75 Å². The highest BCUT2D eigenvalue weighted by molar-refractivity contribution is 6.33. The number of anilines is 1. The number of nitrogens with zero attached hydrogens (tertiary/aromatic N) is 1. The minimum absolute atomic E-state index is 0.0325. The van der Waals surface area contributed by atoms with E-state index in [1.807, 2.05) is 0 Å². The number of amides is 1. The molecule has 0 aliphatic carbocycles. The van der Waals surface area contributed by atoms with E-state index in [0.717, 1.165) is 0 Å². The molecule has 1 aromatic carbocycles. The second-order valence-corrected chi connectivity index (χ2v) is 6.34. The van der Waals surface area contributed by atoms with E-state index < -0.39 is 12.2 Å². The number of rotatable bonds is 6. The molecule has 0 aromatic heterocycles. The summed E-state index contributed by atoms with van der Waals surface area (Å²) in [4.78, 5) is 24.8. The number of nitrogen functional groups attached to an aromatic ring is 1. The van der Waals surface area contributed by atoms with Crippen LogP contribution in [0.2, 0.25) is 5.02 Å². The van der Waals surface area contributed by atoms with E-state index >= 15 is 0 Å². The molecule has 5 N–H and O–H groups in total. The number of carbonyl (C=O) groups is 2. The number of methoxy groups -OCH3 is 1. The molecule has 2 rings (SSSR count). The molecule has 1 aliphatic rings. The van der Waals surface area contributed by atoms with Gasteiger partial charge >= 0.3 is 5.97 Å². The SMILES string of the molecule is COc1cc(N)c(Cl)cc1C(=O)NC1CCN(CCC(=O)O)C(O)C1.